The Morgan fingerprint density at radius 3 is 0.957 bits per heavy atom. The molecule has 4 nitrogen and oxygen atoms in total. The normalized spacial score (nSPS) is 13.3. The van der Waals surface area contributed by atoms with Gasteiger partial charge >= 0.3 is 0 Å². The van der Waals surface area contributed by atoms with Crippen molar-refractivity contribution >= 4 is 5.91 Å². The van der Waals surface area contributed by atoms with Crippen LogP contribution in [0.5, 0.6) is 0 Å². The highest BCUT2D eigenvalue weighted by atomic mass is 16.3. The number of unbranched alkanes of at least 4 members (excludes halogenated alkanes) is 37. The van der Waals surface area contributed by atoms with Gasteiger partial charge in [-0.2, -0.15) is 0 Å². The molecule has 402 valence electrons. The maximum Gasteiger partial charge on any atom is 0.220 e. The highest BCUT2D eigenvalue weighted by molar-refractivity contribution is 5.76. The number of aliphatic hydroxyl groups excluding tert-OH is 2. The van der Waals surface area contributed by atoms with Gasteiger partial charge in [-0.25, -0.2) is 0 Å². The van der Waals surface area contributed by atoms with Crippen molar-refractivity contribution < 1.29 is 15.0 Å². The summed E-state index contributed by atoms with van der Waals surface area (Å²) in [6.07, 6.45) is 86.2. The monoisotopic (exact) mass is 962 g/mol. The van der Waals surface area contributed by atoms with Crippen LogP contribution in [0.4, 0.5) is 0 Å². The number of rotatable bonds is 56. The Hall–Kier alpha value is -2.17. The molecule has 0 aromatic heterocycles. The van der Waals surface area contributed by atoms with Crippen molar-refractivity contribution in [3.05, 3.63) is 72.9 Å². The van der Waals surface area contributed by atoms with Crippen LogP contribution in [0.2, 0.25) is 0 Å². The Kier molecular flexibility index (Phi) is 58.2. The molecule has 0 aliphatic heterocycles. The first-order valence-corrected chi connectivity index (χ1v) is 30.6. The van der Waals surface area contributed by atoms with E-state index in [0.717, 1.165) is 64.2 Å². The van der Waals surface area contributed by atoms with E-state index < -0.39 is 12.1 Å². The van der Waals surface area contributed by atoms with Gasteiger partial charge in [0.25, 0.3) is 0 Å². The maximum absolute atomic E-state index is 12.5. The van der Waals surface area contributed by atoms with Crippen LogP contribution in [0.1, 0.15) is 316 Å². The topological polar surface area (TPSA) is 69.6 Å². The van der Waals surface area contributed by atoms with Crippen LogP contribution < -0.4 is 5.32 Å². The van der Waals surface area contributed by atoms with E-state index in [1.165, 1.54) is 225 Å². The minimum Gasteiger partial charge on any atom is -0.394 e. The molecule has 0 aromatic carbocycles. The molecule has 0 heterocycles. The third-order valence-corrected chi connectivity index (χ3v) is 14.0. The quantitative estimate of drug-likeness (QED) is 0.0420. The van der Waals surface area contributed by atoms with Crippen LogP contribution in [0, 0.1) is 0 Å². The molecule has 0 bridgehead atoms. The van der Waals surface area contributed by atoms with Gasteiger partial charge in [0.05, 0.1) is 18.8 Å². The zero-order valence-corrected chi connectivity index (χ0v) is 46.3. The molecule has 69 heavy (non-hydrogen) atoms. The molecule has 4 heteroatoms. The molecule has 0 aromatic rings. The second-order valence-electron chi connectivity index (χ2n) is 20.7. The van der Waals surface area contributed by atoms with Crippen molar-refractivity contribution in [2.45, 2.75) is 328 Å². The third-order valence-electron chi connectivity index (χ3n) is 14.0. The average Bonchev–Trinajstić information content (AvgIpc) is 3.35. The fraction of sp³-hybridized carbons (Fsp3) is 0.800. The van der Waals surface area contributed by atoms with E-state index in [2.05, 4.69) is 92.1 Å². The summed E-state index contributed by atoms with van der Waals surface area (Å²) in [5, 5.41) is 23.4. The lowest BCUT2D eigenvalue weighted by Crippen LogP contribution is -2.45. The molecule has 2 atom stereocenters. The van der Waals surface area contributed by atoms with Crippen LogP contribution in [-0.4, -0.2) is 34.9 Å². The minimum absolute atomic E-state index is 0.0278. The summed E-state index contributed by atoms with van der Waals surface area (Å²) in [5.74, 6) is -0.0278. The SMILES string of the molecule is CC/C=C\C/C=C\C/C=C\C/C=C\C/C=C\C/C=C\CCCCCCCCCCCCCCCCCCCCC(=O)NC(CO)C(O)CCCCCCCCCCCCCCCCCCCCCC. The van der Waals surface area contributed by atoms with Crippen LogP contribution in [0.3, 0.4) is 0 Å². The number of carbonyl (C=O) groups is 1. The van der Waals surface area contributed by atoms with Crippen LogP contribution in [0.25, 0.3) is 0 Å². The minimum atomic E-state index is -0.661. The smallest absolute Gasteiger partial charge is 0.220 e. The first-order valence-electron chi connectivity index (χ1n) is 30.6. The molecule has 0 spiro atoms. The lowest BCUT2D eigenvalue weighted by molar-refractivity contribution is -0.123. The van der Waals surface area contributed by atoms with E-state index in [4.69, 9.17) is 0 Å². The third kappa shape index (κ3) is 56.6. The number of aliphatic hydroxyl groups is 2. The fourth-order valence-corrected chi connectivity index (χ4v) is 9.37. The van der Waals surface area contributed by atoms with E-state index in [1.807, 2.05) is 0 Å². The van der Waals surface area contributed by atoms with Gasteiger partial charge in [-0.3, -0.25) is 4.79 Å². The van der Waals surface area contributed by atoms with Crippen molar-refractivity contribution in [1.82, 2.24) is 5.32 Å². The summed E-state index contributed by atoms with van der Waals surface area (Å²) in [5.41, 5.74) is 0. The van der Waals surface area contributed by atoms with E-state index >= 15 is 0 Å². The Bertz CT molecular complexity index is 1180. The number of hydrogen-bond acceptors (Lipinski definition) is 3. The van der Waals surface area contributed by atoms with E-state index in [0.29, 0.717) is 12.8 Å². The predicted molar refractivity (Wildman–Crippen MR) is 308 cm³/mol. The molecule has 0 saturated carbocycles. The van der Waals surface area contributed by atoms with Gasteiger partial charge in [0.1, 0.15) is 0 Å². The number of amides is 1. The van der Waals surface area contributed by atoms with E-state index in [1.54, 1.807) is 0 Å². The van der Waals surface area contributed by atoms with Crippen molar-refractivity contribution in [2.75, 3.05) is 6.61 Å². The molecule has 0 saturated heterocycles. The first kappa shape index (κ1) is 66.8. The maximum atomic E-state index is 12.5. The number of allylic oxidation sites excluding steroid dienone is 12. The molecular formula is C65H119NO3. The Labute approximate surface area is 431 Å². The standard InChI is InChI=1S/C65H119NO3/c1-3-5-7-9-11-13-15-17-19-21-23-25-26-27-28-29-30-31-32-33-34-35-36-37-38-39-40-41-43-45-47-49-51-53-55-57-59-61-65(69)66-63(62-67)64(68)60-58-56-54-52-50-48-46-44-42-24-22-20-18-16-14-12-10-8-6-4-2/h5,7,11,13,17,19,23,25,27-28,30-31,63-64,67-68H,3-4,6,8-10,12,14-16,18,20-22,24,26,29,32-62H2,1-2H3,(H,66,69)/b7-5-,13-11-,19-17-,25-23-,28-27-,31-30-. The van der Waals surface area contributed by atoms with E-state index in [9.17, 15) is 15.0 Å². The molecule has 3 N–H and O–H groups in total. The van der Waals surface area contributed by atoms with Crippen molar-refractivity contribution in [2.24, 2.45) is 0 Å². The molecule has 1 amide bonds. The summed E-state index contributed by atoms with van der Waals surface area (Å²) >= 11 is 0. The Morgan fingerprint density at radius 1 is 0.362 bits per heavy atom. The Balaban J connectivity index is 3.44. The first-order chi connectivity index (χ1) is 34.2. The highest BCUT2D eigenvalue weighted by Crippen LogP contribution is 2.18. The molecule has 2 unspecified atom stereocenters. The van der Waals surface area contributed by atoms with Gasteiger partial charge in [0.15, 0.2) is 0 Å². The molecule has 0 aliphatic carbocycles. The van der Waals surface area contributed by atoms with Crippen molar-refractivity contribution in [1.29, 1.82) is 0 Å². The van der Waals surface area contributed by atoms with Crippen molar-refractivity contribution in [3.63, 3.8) is 0 Å². The van der Waals surface area contributed by atoms with Gasteiger partial charge in [-0.05, 0) is 64.2 Å². The molecule has 0 radical (unpaired) electrons. The zero-order chi connectivity index (χ0) is 49.9. The summed E-state index contributed by atoms with van der Waals surface area (Å²) in [6, 6.07) is -0.538. The molecular weight excluding hydrogens is 843 g/mol. The summed E-state index contributed by atoms with van der Waals surface area (Å²) in [4.78, 5) is 12.5. The van der Waals surface area contributed by atoms with Crippen LogP contribution >= 0.6 is 0 Å². The second-order valence-corrected chi connectivity index (χ2v) is 20.7. The zero-order valence-electron chi connectivity index (χ0n) is 46.3. The Morgan fingerprint density at radius 2 is 0.638 bits per heavy atom. The molecule has 0 fully saturated rings. The lowest BCUT2D eigenvalue weighted by atomic mass is 10.0. The van der Waals surface area contributed by atoms with Gasteiger partial charge < -0.3 is 15.5 Å². The van der Waals surface area contributed by atoms with Gasteiger partial charge in [-0.1, -0.05) is 318 Å². The largest absolute Gasteiger partial charge is 0.394 e. The van der Waals surface area contributed by atoms with E-state index in [-0.39, 0.29) is 12.5 Å². The van der Waals surface area contributed by atoms with Gasteiger partial charge in [-0.15, -0.1) is 0 Å². The average molecular weight is 963 g/mol. The fourth-order valence-electron chi connectivity index (χ4n) is 9.37. The predicted octanol–water partition coefficient (Wildman–Crippen LogP) is 20.5. The summed E-state index contributed by atoms with van der Waals surface area (Å²) in [7, 11) is 0. The van der Waals surface area contributed by atoms with Crippen LogP contribution in [0.15, 0.2) is 72.9 Å². The van der Waals surface area contributed by atoms with Crippen molar-refractivity contribution in [3.8, 4) is 0 Å². The van der Waals surface area contributed by atoms with Gasteiger partial charge in [0.2, 0.25) is 5.91 Å². The number of nitrogens with one attached hydrogen (secondary N) is 1. The lowest BCUT2D eigenvalue weighted by Gasteiger charge is -2.22. The number of carbonyl (C=O) groups excluding carboxylic acids is 1. The summed E-state index contributed by atoms with van der Waals surface area (Å²) < 4.78 is 0. The molecule has 0 rings (SSSR count). The number of hydrogen-bond donors (Lipinski definition) is 3. The summed E-state index contributed by atoms with van der Waals surface area (Å²) in [6.45, 7) is 4.27. The highest BCUT2D eigenvalue weighted by Gasteiger charge is 2.20. The molecule has 0 aliphatic rings. The van der Waals surface area contributed by atoms with Crippen LogP contribution in [-0.2, 0) is 4.79 Å². The second kappa shape index (κ2) is 60.1. The van der Waals surface area contributed by atoms with Gasteiger partial charge in [0, 0.05) is 6.42 Å².